The molecule has 1 aliphatic rings. The molecule has 4 nitrogen and oxygen atoms in total. The first kappa shape index (κ1) is 14.9. The van der Waals surface area contributed by atoms with Crippen LogP contribution in [0.15, 0.2) is 6.07 Å². The van der Waals surface area contributed by atoms with Crippen LogP contribution in [0.2, 0.25) is 0 Å². The van der Waals surface area contributed by atoms with Gasteiger partial charge in [0.05, 0.1) is 0 Å². The minimum Gasteiger partial charge on any atom is -0.373 e. The molecule has 1 saturated carbocycles. The molecule has 1 fully saturated rings. The van der Waals surface area contributed by atoms with Gasteiger partial charge in [0, 0.05) is 19.7 Å². The Kier molecular flexibility index (Phi) is 4.06. The largest absolute Gasteiger partial charge is 0.451 e. The molecule has 0 radical (unpaired) electrons. The lowest BCUT2D eigenvalue weighted by Gasteiger charge is -2.41. The molecule has 1 heterocycles. The molecule has 0 aliphatic heterocycles. The van der Waals surface area contributed by atoms with Gasteiger partial charge in [-0.25, -0.2) is 9.97 Å². The molecule has 7 heteroatoms. The van der Waals surface area contributed by atoms with Gasteiger partial charge in [0.25, 0.3) is 0 Å². The molecule has 2 rings (SSSR count). The lowest BCUT2D eigenvalue weighted by Crippen LogP contribution is -2.36. The quantitative estimate of drug-likeness (QED) is 0.870. The first-order valence-electron chi connectivity index (χ1n) is 6.76. The van der Waals surface area contributed by atoms with E-state index in [1.807, 2.05) is 0 Å². The van der Waals surface area contributed by atoms with Crippen molar-refractivity contribution in [1.82, 2.24) is 9.97 Å². The van der Waals surface area contributed by atoms with Gasteiger partial charge < -0.3 is 10.6 Å². The average molecular weight is 288 g/mol. The van der Waals surface area contributed by atoms with Crippen LogP contribution in [0.1, 0.15) is 38.4 Å². The predicted octanol–water partition coefficient (Wildman–Crippen LogP) is 3.53. The maximum absolute atomic E-state index is 12.7. The highest BCUT2D eigenvalue weighted by atomic mass is 19.4. The van der Waals surface area contributed by atoms with Gasteiger partial charge in [0.15, 0.2) is 0 Å². The van der Waals surface area contributed by atoms with E-state index in [2.05, 4.69) is 27.5 Å². The van der Waals surface area contributed by atoms with Crippen molar-refractivity contribution in [3.8, 4) is 0 Å². The van der Waals surface area contributed by atoms with E-state index in [9.17, 15) is 13.2 Å². The normalized spacial score (nSPS) is 17.4. The van der Waals surface area contributed by atoms with Gasteiger partial charge in [-0.2, -0.15) is 13.2 Å². The van der Waals surface area contributed by atoms with Crippen LogP contribution in [0.4, 0.5) is 24.8 Å². The summed E-state index contributed by atoms with van der Waals surface area (Å²) in [4.78, 5) is 7.00. The summed E-state index contributed by atoms with van der Waals surface area (Å²) in [5.41, 5.74) is 0.211. The van der Waals surface area contributed by atoms with Crippen LogP contribution in [-0.4, -0.2) is 23.6 Å². The molecule has 0 aromatic carbocycles. The Bertz CT molecular complexity index is 464. The number of anilines is 2. The third kappa shape index (κ3) is 3.13. The average Bonchev–Trinajstić information content (AvgIpc) is 2.36. The summed E-state index contributed by atoms with van der Waals surface area (Å²) in [6.07, 6.45) is -0.0909. The number of hydrogen-bond donors (Lipinski definition) is 2. The summed E-state index contributed by atoms with van der Waals surface area (Å²) in [6, 6.07) is 1.50. The second-order valence-electron chi connectivity index (χ2n) is 5.27. The molecular formula is C13H19F3N4. The Balaban J connectivity index is 2.14. The zero-order valence-electron chi connectivity index (χ0n) is 11.6. The molecule has 0 amide bonds. The van der Waals surface area contributed by atoms with Crippen molar-refractivity contribution in [2.45, 2.75) is 38.8 Å². The Morgan fingerprint density at radius 1 is 1.25 bits per heavy atom. The van der Waals surface area contributed by atoms with Crippen molar-refractivity contribution in [1.29, 1.82) is 0 Å². The summed E-state index contributed by atoms with van der Waals surface area (Å²) in [7, 11) is 1.53. The summed E-state index contributed by atoms with van der Waals surface area (Å²) in [6.45, 7) is 2.77. The molecule has 0 saturated heterocycles. The minimum atomic E-state index is -4.54. The Labute approximate surface area is 116 Å². The highest BCUT2D eigenvalue weighted by molar-refractivity contribution is 5.47. The third-order valence-electron chi connectivity index (χ3n) is 4.04. The molecule has 20 heavy (non-hydrogen) atoms. The van der Waals surface area contributed by atoms with E-state index in [0.717, 1.165) is 19.3 Å². The molecular weight excluding hydrogens is 269 g/mol. The van der Waals surface area contributed by atoms with Crippen molar-refractivity contribution in [2.24, 2.45) is 5.41 Å². The fourth-order valence-electron chi connectivity index (χ4n) is 2.40. The number of rotatable bonds is 5. The van der Waals surface area contributed by atoms with Gasteiger partial charge >= 0.3 is 6.18 Å². The van der Waals surface area contributed by atoms with Gasteiger partial charge in [-0.3, -0.25) is 0 Å². The highest BCUT2D eigenvalue weighted by Crippen LogP contribution is 2.43. The molecule has 0 unspecified atom stereocenters. The van der Waals surface area contributed by atoms with Crippen LogP contribution in [0, 0.1) is 5.41 Å². The Hall–Kier alpha value is -1.53. The fourth-order valence-corrected chi connectivity index (χ4v) is 2.40. The van der Waals surface area contributed by atoms with Crippen LogP contribution in [0.5, 0.6) is 0 Å². The highest BCUT2D eigenvalue weighted by Gasteiger charge is 2.37. The van der Waals surface area contributed by atoms with Crippen LogP contribution in [-0.2, 0) is 6.18 Å². The lowest BCUT2D eigenvalue weighted by molar-refractivity contribution is -0.144. The van der Waals surface area contributed by atoms with E-state index in [-0.39, 0.29) is 17.1 Å². The van der Waals surface area contributed by atoms with Crippen molar-refractivity contribution >= 4 is 11.6 Å². The van der Waals surface area contributed by atoms with Gasteiger partial charge in [0.1, 0.15) is 11.6 Å². The minimum absolute atomic E-state index is 0.161. The molecule has 0 bridgehead atoms. The SMILES string of the molecule is CCC1(CNc2cc(NC)nc(C(F)(F)F)n2)CCC1. The van der Waals surface area contributed by atoms with Crippen LogP contribution < -0.4 is 10.6 Å². The molecule has 112 valence electrons. The molecule has 1 aromatic rings. The van der Waals surface area contributed by atoms with E-state index >= 15 is 0 Å². The van der Waals surface area contributed by atoms with E-state index in [0.29, 0.717) is 6.54 Å². The van der Waals surface area contributed by atoms with Crippen LogP contribution >= 0.6 is 0 Å². The second kappa shape index (κ2) is 5.46. The number of alkyl halides is 3. The van der Waals surface area contributed by atoms with Crippen LogP contribution in [0.3, 0.4) is 0 Å². The zero-order chi connectivity index (χ0) is 14.8. The number of hydrogen-bond acceptors (Lipinski definition) is 4. The van der Waals surface area contributed by atoms with Crippen LogP contribution in [0.25, 0.3) is 0 Å². The Morgan fingerprint density at radius 3 is 2.35 bits per heavy atom. The number of aromatic nitrogens is 2. The molecule has 0 spiro atoms. The summed E-state index contributed by atoms with van der Waals surface area (Å²) < 4.78 is 38.2. The summed E-state index contributed by atoms with van der Waals surface area (Å²) in [5, 5.41) is 5.66. The zero-order valence-corrected chi connectivity index (χ0v) is 11.6. The Morgan fingerprint density at radius 2 is 1.90 bits per heavy atom. The van der Waals surface area contributed by atoms with Gasteiger partial charge in [-0.15, -0.1) is 0 Å². The number of nitrogens with one attached hydrogen (secondary N) is 2. The first-order chi connectivity index (χ1) is 9.38. The number of nitrogens with zero attached hydrogens (tertiary/aromatic N) is 2. The fraction of sp³-hybridized carbons (Fsp3) is 0.692. The topological polar surface area (TPSA) is 49.8 Å². The molecule has 2 N–H and O–H groups in total. The van der Waals surface area contributed by atoms with E-state index in [1.165, 1.54) is 19.5 Å². The van der Waals surface area contributed by atoms with Crippen molar-refractivity contribution in [3.63, 3.8) is 0 Å². The van der Waals surface area contributed by atoms with Gasteiger partial charge in [0.2, 0.25) is 5.82 Å². The standard InChI is InChI=1S/C13H19F3N4/c1-3-12(5-4-6-12)8-18-10-7-9(17-2)19-11(20-10)13(14,15)16/h7H,3-6,8H2,1-2H3,(H2,17,18,19,20). The van der Waals surface area contributed by atoms with Gasteiger partial charge in [-0.1, -0.05) is 13.3 Å². The van der Waals surface area contributed by atoms with Crippen molar-refractivity contribution in [3.05, 3.63) is 11.9 Å². The summed E-state index contributed by atoms with van der Waals surface area (Å²) in [5.74, 6) is -0.739. The van der Waals surface area contributed by atoms with Crippen molar-refractivity contribution < 1.29 is 13.2 Å². The molecule has 0 atom stereocenters. The monoisotopic (exact) mass is 288 g/mol. The van der Waals surface area contributed by atoms with E-state index in [1.54, 1.807) is 0 Å². The summed E-state index contributed by atoms with van der Waals surface area (Å²) >= 11 is 0. The predicted molar refractivity (Wildman–Crippen MR) is 71.6 cm³/mol. The maximum atomic E-state index is 12.7. The second-order valence-corrected chi connectivity index (χ2v) is 5.27. The smallest absolute Gasteiger partial charge is 0.373 e. The molecule has 1 aromatic heterocycles. The van der Waals surface area contributed by atoms with Crippen molar-refractivity contribution in [2.75, 3.05) is 24.2 Å². The lowest BCUT2D eigenvalue weighted by atomic mass is 9.67. The van der Waals surface area contributed by atoms with E-state index < -0.39 is 12.0 Å². The number of halogens is 3. The molecule has 1 aliphatic carbocycles. The first-order valence-corrected chi connectivity index (χ1v) is 6.76. The third-order valence-corrected chi connectivity index (χ3v) is 4.04. The maximum Gasteiger partial charge on any atom is 0.451 e. The van der Waals surface area contributed by atoms with E-state index in [4.69, 9.17) is 0 Å². The van der Waals surface area contributed by atoms with Gasteiger partial charge in [-0.05, 0) is 24.7 Å².